The molecule has 1 fully saturated rings. The highest BCUT2D eigenvalue weighted by molar-refractivity contribution is 5.88. The Balaban J connectivity index is 1.57. The summed E-state index contributed by atoms with van der Waals surface area (Å²) in [6.45, 7) is 2.28. The number of piperazine rings is 1. The molecule has 0 radical (unpaired) electrons. The number of aromatic nitrogens is 1. The fourth-order valence-electron chi connectivity index (χ4n) is 3.27. The topological polar surface area (TPSA) is 83.6 Å². The van der Waals surface area contributed by atoms with Crippen LogP contribution in [0.3, 0.4) is 0 Å². The summed E-state index contributed by atoms with van der Waals surface area (Å²) in [6.07, 6.45) is 7.47. The molecule has 1 atom stereocenters. The molecule has 1 aliphatic rings. The molecule has 3 rings (SSSR count). The summed E-state index contributed by atoms with van der Waals surface area (Å²) in [5.74, 6) is 0.538. The van der Waals surface area contributed by atoms with E-state index >= 15 is 0 Å². The number of hydrogen-bond donors (Lipinski definition) is 2. The molecule has 29 heavy (non-hydrogen) atoms. The average molecular weight is 394 g/mol. The molecule has 2 heterocycles. The molecular formula is C22H26N4O3. The Hall–Kier alpha value is -3.19. The van der Waals surface area contributed by atoms with Crippen LogP contribution in [-0.4, -0.2) is 54.5 Å². The van der Waals surface area contributed by atoms with Gasteiger partial charge in [-0.1, -0.05) is 30.4 Å². The Kier molecular flexibility index (Phi) is 7.35. The molecule has 0 bridgehead atoms. The van der Waals surface area contributed by atoms with Gasteiger partial charge in [-0.05, 0) is 23.8 Å². The lowest BCUT2D eigenvalue weighted by atomic mass is 10.1. The number of nitrogens with zero attached hydrogens (tertiary/aromatic N) is 2. The van der Waals surface area contributed by atoms with Gasteiger partial charge in [0.25, 0.3) is 0 Å². The molecule has 2 aromatic rings. The molecule has 7 heteroatoms. The van der Waals surface area contributed by atoms with Gasteiger partial charge in [-0.25, -0.2) is 0 Å². The van der Waals surface area contributed by atoms with Crippen molar-refractivity contribution in [3.8, 4) is 5.75 Å². The molecule has 2 N–H and O–H groups in total. The van der Waals surface area contributed by atoms with Crippen molar-refractivity contribution in [3.63, 3.8) is 0 Å². The van der Waals surface area contributed by atoms with E-state index < -0.39 is 6.04 Å². The predicted octanol–water partition coefficient (Wildman–Crippen LogP) is 1.61. The molecule has 152 valence electrons. The molecule has 0 saturated carbocycles. The van der Waals surface area contributed by atoms with Gasteiger partial charge in [0.15, 0.2) is 0 Å². The van der Waals surface area contributed by atoms with Gasteiger partial charge >= 0.3 is 0 Å². The van der Waals surface area contributed by atoms with E-state index in [-0.39, 0.29) is 18.2 Å². The van der Waals surface area contributed by atoms with Crippen molar-refractivity contribution in [2.45, 2.75) is 19.0 Å². The van der Waals surface area contributed by atoms with Crippen molar-refractivity contribution < 1.29 is 14.3 Å². The van der Waals surface area contributed by atoms with E-state index in [1.807, 2.05) is 53.5 Å². The van der Waals surface area contributed by atoms with Crippen molar-refractivity contribution >= 4 is 17.9 Å². The zero-order chi connectivity index (χ0) is 20.5. The van der Waals surface area contributed by atoms with Crippen molar-refractivity contribution in [1.82, 2.24) is 20.5 Å². The van der Waals surface area contributed by atoms with Crippen molar-refractivity contribution in [1.29, 1.82) is 0 Å². The number of carbonyl (C=O) groups is 2. The van der Waals surface area contributed by atoms with Crippen molar-refractivity contribution in [2.75, 3.05) is 26.7 Å². The Morgan fingerprint density at radius 3 is 2.90 bits per heavy atom. The van der Waals surface area contributed by atoms with Gasteiger partial charge in [-0.3, -0.25) is 19.5 Å². The Morgan fingerprint density at radius 2 is 2.10 bits per heavy atom. The third kappa shape index (κ3) is 5.89. The fraction of sp³-hybridized carbons (Fsp3) is 0.318. The number of rotatable bonds is 8. The first-order valence-electron chi connectivity index (χ1n) is 9.64. The Morgan fingerprint density at radius 1 is 1.31 bits per heavy atom. The maximum Gasteiger partial charge on any atom is 0.237 e. The van der Waals surface area contributed by atoms with Crippen molar-refractivity contribution in [2.24, 2.45) is 0 Å². The number of pyridine rings is 1. The van der Waals surface area contributed by atoms with Crippen LogP contribution in [0.4, 0.5) is 0 Å². The average Bonchev–Trinajstić information content (AvgIpc) is 2.75. The maximum atomic E-state index is 12.4. The summed E-state index contributed by atoms with van der Waals surface area (Å²) in [7, 11) is 1.64. The van der Waals surface area contributed by atoms with Crippen LogP contribution in [0.5, 0.6) is 5.75 Å². The van der Waals surface area contributed by atoms with E-state index in [1.165, 1.54) is 0 Å². The minimum Gasteiger partial charge on any atom is -0.496 e. The van der Waals surface area contributed by atoms with Gasteiger partial charge in [-0.2, -0.15) is 0 Å². The quantitative estimate of drug-likeness (QED) is 0.711. The third-order valence-corrected chi connectivity index (χ3v) is 4.84. The molecule has 1 saturated heterocycles. The van der Waals surface area contributed by atoms with E-state index in [2.05, 4.69) is 15.6 Å². The molecule has 1 unspecified atom stereocenters. The first-order chi connectivity index (χ1) is 14.2. The molecule has 1 aromatic carbocycles. The molecule has 7 nitrogen and oxygen atoms in total. The van der Waals surface area contributed by atoms with Crippen LogP contribution in [0, 0.1) is 0 Å². The minimum atomic E-state index is -0.483. The van der Waals surface area contributed by atoms with E-state index in [1.54, 1.807) is 19.5 Å². The van der Waals surface area contributed by atoms with Crippen LogP contribution in [0.15, 0.2) is 54.9 Å². The Bertz CT molecular complexity index is 854. The monoisotopic (exact) mass is 394 g/mol. The number of nitrogens with one attached hydrogen (secondary N) is 2. The summed E-state index contributed by atoms with van der Waals surface area (Å²) in [5, 5.41) is 5.73. The van der Waals surface area contributed by atoms with Crippen LogP contribution < -0.4 is 15.4 Å². The second kappa shape index (κ2) is 10.4. The first-order valence-corrected chi connectivity index (χ1v) is 9.64. The second-order valence-corrected chi connectivity index (χ2v) is 6.78. The zero-order valence-electron chi connectivity index (χ0n) is 16.5. The van der Waals surface area contributed by atoms with Gasteiger partial charge < -0.3 is 15.4 Å². The number of para-hydroxylation sites is 1. The first kappa shape index (κ1) is 20.5. The normalized spacial score (nSPS) is 17.1. The number of methoxy groups -OCH3 is 1. The summed E-state index contributed by atoms with van der Waals surface area (Å²) in [4.78, 5) is 30.7. The Labute approximate surface area is 170 Å². The fourth-order valence-corrected chi connectivity index (χ4v) is 3.27. The highest BCUT2D eigenvalue weighted by Crippen LogP contribution is 2.19. The third-order valence-electron chi connectivity index (χ3n) is 4.84. The summed E-state index contributed by atoms with van der Waals surface area (Å²) < 4.78 is 5.36. The predicted molar refractivity (Wildman–Crippen MR) is 111 cm³/mol. The van der Waals surface area contributed by atoms with Crippen LogP contribution in [0.1, 0.15) is 17.5 Å². The molecule has 0 aliphatic carbocycles. The molecule has 1 aliphatic heterocycles. The van der Waals surface area contributed by atoms with Crippen LogP contribution in [0.2, 0.25) is 0 Å². The lowest BCUT2D eigenvalue weighted by Gasteiger charge is -2.33. The van der Waals surface area contributed by atoms with Gasteiger partial charge in [0, 0.05) is 44.1 Å². The largest absolute Gasteiger partial charge is 0.496 e. The number of carbonyl (C=O) groups excluding carboxylic acids is 2. The number of ether oxygens (including phenoxy) is 1. The number of benzene rings is 1. The lowest BCUT2D eigenvalue weighted by Crippen LogP contribution is -2.56. The summed E-state index contributed by atoms with van der Waals surface area (Å²) >= 11 is 0. The van der Waals surface area contributed by atoms with Gasteiger partial charge in [0.1, 0.15) is 5.75 Å². The zero-order valence-corrected chi connectivity index (χ0v) is 16.5. The van der Waals surface area contributed by atoms with Crippen LogP contribution in [-0.2, 0) is 16.1 Å². The number of hydrogen-bond acceptors (Lipinski definition) is 5. The highest BCUT2D eigenvalue weighted by atomic mass is 16.5. The molecule has 2 amide bonds. The van der Waals surface area contributed by atoms with E-state index in [9.17, 15) is 9.59 Å². The number of amides is 2. The summed E-state index contributed by atoms with van der Waals surface area (Å²) in [5.41, 5.74) is 1.95. The van der Waals surface area contributed by atoms with Crippen molar-refractivity contribution in [3.05, 3.63) is 66.0 Å². The SMILES string of the molecule is COc1ccccc1/C=C/CN1CCNC(=O)C1CC(=O)NCc1ccncc1. The minimum absolute atomic E-state index is 0.110. The highest BCUT2D eigenvalue weighted by Gasteiger charge is 2.30. The molecular weight excluding hydrogens is 368 g/mol. The lowest BCUT2D eigenvalue weighted by molar-refractivity contribution is -0.133. The second-order valence-electron chi connectivity index (χ2n) is 6.78. The summed E-state index contributed by atoms with van der Waals surface area (Å²) in [6, 6.07) is 11.0. The van der Waals surface area contributed by atoms with E-state index in [4.69, 9.17) is 4.74 Å². The van der Waals surface area contributed by atoms with Gasteiger partial charge in [0.05, 0.1) is 19.6 Å². The smallest absolute Gasteiger partial charge is 0.237 e. The van der Waals surface area contributed by atoms with Crippen LogP contribution >= 0.6 is 0 Å². The van der Waals surface area contributed by atoms with E-state index in [0.717, 1.165) is 16.9 Å². The molecule has 0 spiro atoms. The van der Waals surface area contributed by atoms with Gasteiger partial charge in [0.2, 0.25) is 11.8 Å². The molecule has 1 aromatic heterocycles. The standard InChI is InChI=1S/C22H26N4O3/c1-29-20-7-3-2-5-18(20)6-4-13-26-14-12-24-22(28)19(26)15-21(27)25-16-17-8-10-23-11-9-17/h2-11,19H,12-16H2,1H3,(H,24,28)(H,25,27)/b6-4+. The maximum absolute atomic E-state index is 12.4. The van der Waals surface area contributed by atoms with E-state index in [0.29, 0.717) is 26.2 Å². The van der Waals surface area contributed by atoms with Crippen LogP contribution in [0.25, 0.3) is 6.08 Å². The van der Waals surface area contributed by atoms with Gasteiger partial charge in [-0.15, -0.1) is 0 Å².